The second-order valence-electron chi connectivity index (χ2n) is 4.18. The number of esters is 1. The molecule has 1 aromatic carbocycles. The second-order valence-corrected chi connectivity index (χ2v) is 4.18. The van der Waals surface area contributed by atoms with Crippen LogP contribution in [0.15, 0.2) is 30.3 Å². The molecular formula is C13H19NO2. The van der Waals surface area contributed by atoms with Crippen LogP contribution in [0.4, 0.5) is 0 Å². The van der Waals surface area contributed by atoms with E-state index in [0.29, 0.717) is 11.5 Å². The van der Waals surface area contributed by atoms with Crippen molar-refractivity contribution < 1.29 is 9.53 Å². The highest BCUT2D eigenvalue weighted by molar-refractivity contribution is 5.89. The largest absolute Gasteiger partial charge is 0.443 e. The molecule has 0 amide bonds. The van der Waals surface area contributed by atoms with Crippen molar-refractivity contribution in [3.63, 3.8) is 0 Å². The highest BCUT2D eigenvalue weighted by Gasteiger charge is 2.14. The molecule has 0 saturated carbocycles. The first kappa shape index (κ1) is 12.7. The fraction of sp³-hybridized carbons (Fsp3) is 0.462. The number of carbonyl (C=O) groups is 1. The lowest BCUT2D eigenvalue weighted by molar-refractivity contribution is 0.0181. The van der Waals surface area contributed by atoms with Crippen LogP contribution in [0.3, 0.4) is 0 Å². The number of nitrogens with one attached hydrogen (secondary N) is 1. The quantitative estimate of drug-likeness (QED) is 0.613. The summed E-state index contributed by atoms with van der Waals surface area (Å²) in [6.07, 6.45) is 0.599. The average molecular weight is 221 g/mol. The van der Waals surface area contributed by atoms with Crippen molar-refractivity contribution in [1.29, 1.82) is 0 Å². The molecule has 0 saturated heterocycles. The van der Waals surface area contributed by atoms with Gasteiger partial charge in [-0.25, -0.2) is 4.79 Å². The lowest BCUT2D eigenvalue weighted by Gasteiger charge is -2.18. The molecule has 0 aliphatic heterocycles. The van der Waals surface area contributed by atoms with Crippen molar-refractivity contribution in [2.75, 3.05) is 7.05 Å². The summed E-state index contributed by atoms with van der Waals surface area (Å²) < 4.78 is 5.35. The van der Waals surface area contributed by atoms with Crippen molar-refractivity contribution in [1.82, 2.24) is 5.32 Å². The number of ether oxygens (including phenoxy) is 1. The third-order valence-electron chi connectivity index (χ3n) is 2.27. The van der Waals surface area contributed by atoms with Gasteiger partial charge in [0.25, 0.3) is 0 Å². The summed E-state index contributed by atoms with van der Waals surface area (Å²) in [4.78, 5) is 11.7. The number of carbonyl (C=O) groups excluding carboxylic acids is 1. The van der Waals surface area contributed by atoms with Crippen LogP contribution in [-0.2, 0) is 4.74 Å². The van der Waals surface area contributed by atoms with Crippen LogP contribution < -0.4 is 5.32 Å². The van der Waals surface area contributed by atoms with E-state index >= 15 is 0 Å². The molecule has 1 N–H and O–H groups in total. The molecule has 16 heavy (non-hydrogen) atoms. The van der Waals surface area contributed by atoms with Crippen LogP contribution >= 0.6 is 0 Å². The van der Waals surface area contributed by atoms with Gasteiger partial charge in [-0.15, -0.1) is 0 Å². The molecule has 0 spiro atoms. The minimum absolute atomic E-state index is 0.215. The van der Waals surface area contributed by atoms with E-state index in [1.807, 2.05) is 18.2 Å². The highest BCUT2D eigenvalue weighted by Crippen LogP contribution is 2.09. The van der Waals surface area contributed by atoms with Gasteiger partial charge in [0.05, 0.1) is 5.56 Å². The van der Waals surface area contributed by atoms with E-state index in [1.165, 1.54) is 0 Å². The summed E-state index contributed by atoms with van der Waals surface area (Å²) >= 11 is 0. The molecule has 3 nitrogen and oxygen atoms in total. The molecule has 0 radical (unpaired) electrons. The summed E-state index contributed by atoms with van der Waals surface area (Å²) in [6, 6.07) is 9.04. The molecule has 1 aromatic rings. The lowest BCUT2D eigenvalue weighted by atomic mass is 10.1. The standard InChI is InChI=1S/C13H19NO2/c1-10(2)9-12(14-3)16-13(15)11-7-5-4-6-8-11/h4-8,10,12,14H,9H2,1-3H3. The topological polar surface area (TPSA) is 38.3 Å². The van der Waals surface area contributed by atoms with E-state index in [2.05, 4.69) is 19.2 Å². The summed E-state index contributed by atoms with van der Waals surface area (Å²) in [5.41, 5.74) is 0.589. The van der Waals surface area contributed by atoms with Crippen LogP contribution in [0, 0.1) is 5.92 Å². The van der Waals surface area contributed by atoms with Crippen LogP contribution in [-0.4, -0.2) is 19.2 Å². The highest BCUT2D eigenvalue weighted by atomic mass is 16.6. The van der Waals surface area contributed by atoms with Crippen molar-refractivity contribution in [3.05, 3.63) is 35.9 Å². The Balaban J connectivity index is 2.56. The number of rotatable bonds is 5. The minimum atomic E-state index is -0.277. The fourth-order valence-electron chi connectivity index (χ4n) is 1.42. The zero-order valence-electron chi connectivity index (χ0n) is 10.1. The predicted molar refractivity (Wildman–Crippen MR) is 64.2 cm³/mol. The summed E-state index contributed by atoms with van der Waals surface area (Å²) in [7, 11) is 1.80. The fourth-order valence-corrected chi connectivity index (χ4v) is 1.42. The molecule has 1 rings (SSSR count). The maximum Gasteiger partial charge on any atom is 0.339 e. The Morgan fingerprint density at radius 1 is 1.31 bits per heavy atom. The maximum atomic E-state index is 11.7. The number of hydrogen-bond acceptors (Lipinski definition) is 3. The van der Waals surface area contributed by atoms with Crippen LogP contribution in [0.1, 0.15) is 30.6 Å². The first-order valence-electron chi connectivity index (χ1n) is 5.56. The van der Waals surface area contributed by atoms with Crippen molar-refractivity contribution >= 4 is 5.97 Å². The Morgan fingerprint density at radius 3 is 2.44 bits per heavy atom. The van der Waals surface area contributed by atoms with Crippen molar-refractivity contribution in [3.8, 4) is 0 Å². The Morgan fingerprint density at radius 2 is 1.94 bits per heavy atom. The monoisotopic (exact) mass is 221 g/mol. The SMILES string of the molecule is CNC(CC(C)C)OC(=O)c1ccccc1. The smallest absolute Gasteiger partial charge is 0.339 e. The molecule has 0 aromatic heterocycles. The van der Waals surface area contributed by atoms with E-state index in [0.717, 1.165) is 6.42 Å². The first-order chi connectivity index (χ1) is 7.63. The van der Waals surface area contributed by atoms with E-state index in [4.69, 9.17) is 4.74 Å². The Hall–Kier alpha value is -1.35. The molecule has 0 aliphatic rings. The van der Waals surface area contributed by atoms with Crippen molar-refractivity contribution in [2.24, 2.45) is 5.92 Å². The van der Waals surface area contributed by atoms with Crippen LogP contribution in [0.5, 0.6) is 0 Å². The second kappa shape index (κ2) is 6.28. The first-order valence-corrected chi connectivity index (χ1v) is 5.56. The van der Waals surface area contributed by atoms with Crippen molar-refractivity contribution in [2.45, 2.75) is 26.5 Å². The van der Waals surface area contributed by atoms with E-state index < -0.39 is 0 Å². The Kier molecular flexibility index (Phi) is 4.99. The molecule has 1 unspecified atom stereocenters. The zero-order valence-corrected chi connectivity index (χ0v) is 10.1. The molecule has 88 valence electrons. The third kappa shape index (κ3) is 4.03. The van der Waals surface area contributed by atoms with Gasteiger partial charge in [0.2, 0.25) is 0 Å². The molecule has 0 aliphatic carbocycles. The summed E-state index contributed by atoms with van der Waals surface area (Å²) in [5.74, 6) is 0.210. The average Bonchev–Trinajstić information content (AvgIpc) is 2.28. The van der Waals surface area contributed by atoms with Crippen LogP contribution in [0.25, 0.3) is 0 Å². The lowest BCUT2D eigenvalue weighted by Crippen LogP contribution is -2.32. The number of benzene rings is 1. The molecular weight excluding hydrogens is 202 g/mol. The summed E-state index contributed by atoms with van der Waals surface area (Å²) in [5, 5.41) is 2.99. The summed E-state index contributed by atoms with van der Waals surface area (Å²) in [6.45, 7) is 4.20. The van der Waals surface area contributed by atoms with Gasteiger partial charge in [-0.05, 0) is 25.1 Å². The van der Waals surface area contributed by atoms with Gasteiger partial charge in [0.1, 0.15) is 0 Å². The van der Waals surface area contributed by atoms with Gasteiger partial charge in [0, 0.05) is 6.42 Å². The molecule has 0 bridgehead atoms. The third-order valence-corrected chi connectivity index (χ3v) is 2.27. The van der Waals surface area contributed by atoms with Gasteiger partial charge in [-0.1, -0.05) is 32.0 Å². The molecule has 3 heteroatoms. The van der Waals surface area contributed by atoms with Gasteiger partial charge in [-0.3, -0.25) is 5.32 Å². The van der Waals surface area contributed by atoms with Gasteiger partial charge < -0.3 is 4.74 Å². The molecule has 1 atom stereocenters. The molecule has 0 heterocycles. The normalized spacial score (nSPS) is 12.5. The van der Waals surface area contributed by atoms with Gasteiger partial charge >= 0.3 is 5.97 Å². The van der Waals surface area contributed by atoms with Gasteiger partial charge in [0.15, 0.2) is 6.23 Å². The Bertz CT molecular complexity index is 322. The number of hydrogen-bond donors (Lipinski definition) is 1. The Labute approximate surface area is 96.8 Å². The predicted octanol–water partition coefficient (Wildman–Crippen LogP) is 2.44. The molecule has 0 fully saturated rings. The van der Waals surface area contributed by atoms with E-state index in [-0.39, 0.29) is 12.2 Å². The van der Waals surface area contributed by atoms with Gasteiger partial charge in [-0.2, -0.15) is 0 Å². The maximum absolute atomic E-state index is 11.7. The van der Waals surface area contributed by atoms with E-state index in [1.54, 1.807) is 19.2 Å². The van der Waals surface area contributed by atoms with Crippen LogP contribution in [0.2, 0.25) is 0 Å². The minimum Gasteiger partial charge on any atom is -0.443 e. The zero-order chi connectivity index (χ0) is 12.0. The van der Waals surface area contributed by atoms with E-state index in [9.17, 15) is 4.79 Å².